The Labute approximate surface area is 61.8 Å². The zero-order valence-electron chi connectivity index (χ0n) is 6.08. The average Bonchev–Trinajstić information content (AvgIpc) is 1.84. The molecule has 0 heterocycles. The Bertz CT molecular complexity index is 194. The molecule has 0 rings (SSSR count). The highest BCUT2D eigenvalue weighted by atomic mass is 32.2. The molecule has 0 aliphatic heterocycles. The predicted molar refractivity (Wildman–Crippen MR) is 42.5 cm³/mol. The first-order chi connectivity index (χ1) is 4.62. The van der Waals surface area contributed by atoms with Crippen molar-refractivity contribution in [2.75, 3.05) is 18.1 Å². The van der Waals surface area contributed by atoms with E-state index in [0.29, 0.717) is 0 Å². The van der Waals surface area contributed by atoms with Crippen molar-refractivity contribution < 1.29 is 8.42 Å². The Kier molecular flexibility index (Phi) is 4.31. The van der Waals surface area contributed by atoms with E-state index in [9.17, 15) is 8.42 Å². The minimum atomic E-state index is -2.91. The third-order valence-electron chi connectivity index (χ3n) is 1.01. The van der Waals surface area contributed by atoms with Crippen LogP contribution in [0.2, 0.25) is 0 Å². The molecule has 0 bridgehead atoms. The summed E-state index contributed by atoms with van der Waals surface area (Å²) in [5, 5.41) is 0. The molecule has 0 atom stereocenters. The summed E-state index contributed by atoms with van der Waals surface area (Å²) in [6.45, 7) is 2.00. The first-order valence-corrected chi connectivity index (χ1v) is 4.96. The van der Waals surface area contributed by atoms with E-state index in [4.69, 9.17) is 5.73 Å². The number of allylic oxidation sites excluding steroid dienone is 1. The summed E-state index contributed by atoms with van der Waals surface area (Å²) in [5.74, 6) is 0.192. The molecule has 0 radical (unpaired) electrons. The summed E-state index contributed by atoms with van der Waals surface area (Å²) in [6, 6.07) is 0. The molecule has 0 saturated heterocycles. The maximum Gasteiger partial charge on any atom is 0.155 e. The summed E-state index contributed by atoms with van der Waals surface area (Å²) in [7, 11) is -2.91. The van der Waals surface area contributed by atoms with Gasteiger partial charge in [0.15, 0.2) is 9.84 Å². The third kappa shape index (κ3) is 4.52. The van der Waals surface area contributed by atoms with Gasteiger partial charge in [-0.2, -0.15) is 0 Å². The van der Waals surface area contributed by atoms with Gasteiger partial charge in [0.05, 0.1) is 11.5 Å². The van der Waals surface area contributed by atoms with Crippen LogP contribution in [-0.2, 0) is 9.84 Å². The highest BCUT2D eigenvalue weighted by Crippen LogP contribution is 1.88. The van der Waals surface area contributed by atoms with E-state index in [0.717, 1.165) is 0 Å². The molecule has 0 amide bonds. The quantitative estimate of drug-likeness (QED) is 0.590. The molecule has 0 unspecified atom stereocenters. The zero-order valence-corrected chi connectivity index (χ0v) is 6.89. The zero-order chi connectivity index (χ0) is 8.04. The lowest BCUT2D eigenvalue weighted by Gasteiger charge is -1.95. The smallest absolute Gasteiger partial charge is 0.155 e. The fourth-order valence-corrected chi connectivity index (χ4v) is 1.52. The molecule has 0 aromatic carbocycles. The number of hydrogen-bond acceptors (Lipinski definition) is 3. The summed E-state index contributed by atoms with van der Waals surface area (Å²) < 4.78 is 21.7. The monoisotopic (exact) mass is 163 g/mol. The standard InChI is InChI=1S/C6H13NO2S/c1-2-3-5-10(8,9)6-4-7/h2-3H,4-7H2,1H3. The van der Waals surface area contributed by atoms with Crippen LogP contribution in [0.15, 0.2) is 12.2 Å². The van der Waals surface area contributed by atoms with Crippen LogP contribution in [0.25, 0.3) is 0 Å². The molecule has 4 heteroatoms. The average molecular weight is 163 g/mol. The second-order valence-corrected chi connectivity index (χ2v) is 4.20. The summed E-state index contributed by atoms with van der Waals surface area (Å²) >= 11 is 0. The molecule has 0 aromatic heterocycles. The van der Waals surface area contributed by atoms with Crippen LogP contribution >= 0.6 is 0 Å². The SMILES string of the molecule is CC=CCS(=O)(=O)CCN. The largest absolute Gasteiger partial charge is 0.329 e. The van der Waals surface area contributed by atoms with Gasteiger partial charge in [-0.3, -0.25) is 0 Å². The number of nitrogens with two attached hydrogens (primary N) is 1. The Morgan fingerprint density at radius 1 is 1.50 bits per heavy atom. The van der Waals surface area contributed by atoms with Gasteiger partial charge < -0.3 is 5.73 Å². The Hall–Kier alpha value is -0.350. The second kappa shape index (κ2) is 4.46. The molecule has 0 aliphatic rings. The topological polar surface area (TPSA) is 60.2 Å². The first-order valence-electron chi connectivity index (χ1n) is 3.14. The van der Waals surface area contributed by atoms with E-state index in [1.54, 1.807) is 19.1 Å². The normalized spacial score (nSPS) is 12.6. The Morgan fingerprint density at radius 3 is 2.50 bits per heavy atom. The summed E-state index contributed by atoms with van der Waals surface area (Å²) in [4.78, 5) is 0. The van der Waals surface area contributed by atoms with Crippen molar-refractivity contribution in [1.82, 2.24) is 0 Å². The van der Waals surface area contributed by atoms with E-state index in [2.05, 4.69) is 0 Å². The lowest BCUT2D eigenvalue weighted by molar-refractivity contribution is 0.599. The van der Waals surface area contributed by atoms with Gasteiger partial charge in [-0.1, -0.05) is 12.2 Å². The van der Waals surface area contributed by atoms with Crippen LogP contribution < -0.4 is 5.73 Å². The van der Waals surface area contributed by atoms with E-state index in [1.165, 1.54) is 0 Å². The minimum absolute atomic E-state index is 0.0807. The molecule has 2 N–H and O–H groups in total. The van der Waals surface area contributed by atoms with Crippen molar-refractivity contribution >= 4 is 9.84 Å². The van der Waals surface area contributed by atoms with Crippen molar-refractivity contribution in [3.63, 3.8) is 0 Å². The summed E-state index contributed by atoms with van der Waals surface area (Å²) in [6.07, 6.45) is 3.33. The van der Waals surface area contributed by atoms with Gasteiger partial charge in [-0.05, 0) is 6.92 Å². The highest BCUT2D eigenvalue weighted by molar-refractivity contribution is 7.91. The lowest BCUT2D eigenvalue weighted by Crippen LogP contribution is -2.17. The minimum Gasteiger partial charge on any atom is -0.329 e. The molecule has 0 aromatic rings. The van der Waals surface area contributed by atoms with Gasteiger partial charge >= 0.3 is 0 Å². The van der Waals surface area contributed by atoms with Crippen molar-refractivity contribution in [3.8, 4) is 0 Å². The van der Waals surface area contributed by atoms with Crippen LogP contribution in [0.1, 0.15) is 6.92 Å². The maximum atomic E-state index is 10.9. The van der Waals surface area contributed by atoms with E-state index in [-0.39, 0.29) is 18.1 Å². The van der Waals surface area contributed by atoms with Crippen LogP contribution in [0.5, 0.6) is 0 Å². The molecular weight excluding hydrogens is 150 g/mol. The van der Waals surface area contributed by atoms with Crippen molar-refractivity contribution in [1.29, 1.82) is 0 Å². The maximum absolute atomic E-state index is 10.9. The second-order valence-electron chi connectivity index (χ2n) is 1.97. The van der Waals surface area contributed by atoms with Gasteiger partial charge in [0.25, 0.3) is 0 Å². The van der Waals surface area contributed by atoms with Gasteiger partial charge in [0.2, 0.25) is 0 Å². The molecule has 60 valence electrons. The van der Waals surface area contributed by atoms with Gasteiger partial charge in [-0.25, -0.2) is 8.42 Å². The number of rotatable bonds is 4. The molecule has 10 heavy (non-hydrogen) atoms. The van der Waals surface area contributed by atoms with Crippen molar-refractivity contribution in [2.24, 2.45) is 5.73 Å². The van der Waals surface area contributed by atoms with Crippen LogP contribution in [-0.4, -0.2) is 26.5 Å². The first kappa shape index (κ1) is 9.65. The lowest BCUT2D eigenvalue weighted by atomic mass is 10.6. The van der Waals surface area contributed by atoms with Gasteiger partial charge in [0, 0.05) is 6.54 Å². The molecule has 0 saturated carbocycles. The van der Waals surface area contributed by atoms with E-state index < -0.39 is 9.84 Å². The van der Waals surface area contributed by atoms with E-state index in [1.807, 2.05) is 0 Å². The molecule has 0 fully saturated rings. The molecule has 0 spiro atoms. The van der Waals surface area contributed by atoms with Crippen LogP contribution in [0.3, 0.4) is 0 Å². The van der Waals surface area contributed by atoms with Crippen LogP contribution in [0, 0.1) is 0 Å². The van der Waals surface area contributed by atoms with Gasteiger partial charge in [0.1, 0.15) is 0 Å². The highest BCUT2D eigenvalue weighted by Gasteiger charge is 2.04. The Morgan fingerprint density at radius 2 is 2.10 bits per heavy atom. The van der Waals surface area contributed by atoms with E-state index >= 15 is 0 Å². The number of sulfone groups is 1. The van der Waals surface area contributed by atoms with Crippen molar-refractivity contribution in [2.45, 2.75) is 6.92 Å². The molecular formula is C6H13NO2S. The Balaban J connectivity index is 3.89. The fourth-order valence-electron chi connectivity index (χ4n) is 0.506. The molecule has 0 aliphatic carbocycles. The predicted octanol–water partition coefficient (Wildman–Crippen LogP) is -0.0640. The fraction of sp³-hybridized carbons (Fsp3) is 0.667. The summed E-state index contributed by atoms with van der Waals surface area (Å²) in [5.41, 5.74) is 5.08. The van der Waals surface area contributed by atoms with Crippen molar-refractivity contribution in [3.05, 3.63) is 12.2 Å². The van der Waals surface area contributed by atoms with Crippen LogP contribution in [0.4, 0.5) is 0 Å². The van der Waals surface area contributed by atoms with Gasteiger partial charge in [-0.15, -0.1) is 0 Å². The third-order valence-corrected chi connectivity index (χ3v) is 2.57. The number of hydrogen-bond donors (Lipinski definition) is 1. The molecule has 3 nitrogen and oxygen atoms in total.